The van der Waals surface area contributed by atoms with E-state index in [1.165, 1.54) is 17.0 Å². The number of carboxylic acids is 1. The molecular weight excluding hydrogens is 324 g/mol. The van der Waals surface area contributed by atoms with Gasteiger partial charge in [0.1, 0.15) is 5.69 Å². The topological polar surface area (TPSA) is 79.3 Å². The number of pyridine rings is 1. The van der Waals surface area contributed by atoms with Gasteiger partial charge in [-0.2, -0.15) is 0 Å². The maximum atomic E-state index is 12.3. The van der Waals surface area contributed by atoms with Gasteiger partial charge in [-0.25, -0.2) is 9.78 Å². The monoisotopic (exact) mass is 342 g/mol. The molecule has 1 aliphatic rings. The van der Waals surface area contributed by atoms with Crippen LogP contribution in [0.1, 0.15) is 39.4 Å². The van der Waals surface area contributed by atoms with Crippen molar-refractivity contribution in [2.75, 3.05) is 6.54 Å². The van der Waals surface area contributed by atoms with Crippen molar-refractivity contribution in [3.63, 3.8) is 0 Å². The van der Waals surface area contributed by atoms with Crippen molar-refractivity contribution in [1.29, 1.82) is 0 Å². The second-order valence-corrected chi connectivity index (χ2v) is 7.46. The van der Waals surface area contributed by atoms with E-state index in [4.69, 9.17) is 5.11 Å². The van der Waals surface area contributed by atoms with Crippen molar-refractivity contribution in [2.45, 2.75) is 29.4 Å². The summed E-state index contributed by atoms with van der Waals surface area (Å²) in [7, 11) is 0. The summed E-state index contributed by atoms with van der Waals surface area (Å²) >= 11 is 1.79. The molecule has 0 saturated heterocycles. The molecule has 0 spiro atoms. The van der Waals surface area contributed by atoms with Crippen LogP contribution in [0.2, 0.25) is 0 Å². The Bertz CT molecular complexity index is 773. The Hall–Kier alpha value is -2.34. The Morgan fingerprint density at radius 3 is 2.50 bits per heavy atom. The Labute approximate surface area is 144 Å². The molecule has 2 N–H and O–H groups in total. The Morgan fingerprint density at radius 2 is 1.92 bits per heavy atom. The zero-order chi connectivity index (χ0) is 17.2. The number of aromatic carboxylic acids is 1. The van der Waals surface area contributed by atoms with Gasteiger partial charge < -0.3 is 10.4 Å². The van der Waals surface area contributed by atoms with E-state index in [1.54, 1.807) is 18.7 Å². The standard InChI is InChI=1S/C18H18N2O3S/c1-12-14(17(22)23)7-8-15(20-12)16(21)19-11-18(9-10-18)24-13-5-3-2-4-6-13/h2-8H,9-11H2,1H3,(H,19,21)(H,22,23). The fourth-order valence-corrected chi connectivity index (χ4v) is 3.68. The molecule has 6 heteroatoms. The number of hydrogen-bond acceptors (Lipinski definition) is 4. The van der Waals surface area contributed by atoms with Gasteiger partial charge in [0.2, 0.25) is 0 Å². The maximum absolute atomic E-state index is 12.3. The lowest BCUT2D eigenvalue weighted by Crippen LogP contribution is -2.32. The van der Waals surface area contributed by atoms with E-state index in [9.17, 15) is 9.59 Å². The zero-order valence-corrected chi connectivity index (χ0v) is 14.1. The third-order valence-corrected chi connectivity index (χ3v) is 5.50. The minimum absolute atomic E-state index is 0.0626. The van der Waals surface area contributed by atoms with Gasteiger partial charge in [-0.1, -0.05) is 18.2 Å². The number of benzene rings is 1. The summed E-state index contributed by atoms with van der Waals surface area (Å²) in [6.07, 6.45) is 2.13. The van der Waals surface area contributed by atoms with Gasteiger partial charge in [-0.3, -0.25) is 4.79 Å². The normalized spacial score (nSPS) is 14.9. The number of amides is 1. The molecule has 124 valence electrons. The Morgan fingerprint density at radius 1 is 1.21 bits per heavy atom. The predicted octanol–water partition coefficient (Wildman–Crippen LogP) is 3.14. The van der Waals surface area contributed by atoms with Crippen LogP contribution in [0.5, 0.6) is 0 Å². The van der Waals surface area contributed by atoms with Crippen LogP contribution in [0, 0.1) is 6.92 Å². The number of thioether (sulfide) groups is 1. The van der Waals surface area contributed by atoms with E-state index in [0.29, 0.717) is 12.2 Å². The van der Waals surface area contributed by atoms with E-state index in [0.717, 1.165) is 12.8 Å². The first-order valence-electron chi connectivity index (χ1n) is 7.72. The summed E-state index contributed by atoms with van der Waals surface area (Å²) < 4.78 is 0.0626. The second-order valence-electron chi connectivity index (χ2n) is 5.92. The van der Waals surface area contributed by atoms with Crippen molar-refractivity contribution in [3.8, 4) is 0 Å². The van der Waals surface area contributed by atoms with E-state index >= 15 is 0 Å². The SMILES string of the molecule is Cc1nc(C(=O)NCC2(Sc3ccccc3)CC2)ccc1C(=O)O. The fraction of sp³-hybridized carbons (Fsp3) is 0.278. The molecule has 1 aromatic heterocycles. The number of nitrogens with zero attached hydrogens (tertiary/aromatic N) is 1. The highest BCUT2D eigenvalue weighted by Gasteiger charge is 2.44. The van der Waals surface area contributed by atoms with Crippen LogP contribution in [0.3, 0.4) is 0 Å². The lowest BCUT2D eigenvalue weighted by atomic mass is 10.2. The van der Waals surface area contributed by atoms with E-state index < -0.39 is 5.97 Å². The van der Waals surface area contributed by atoms with E-state index in [1.807, 2.05) is 18.2 Å². The van der Waals surface area contributed by atoms with Gasteiger partial charge in [0.05, 0.1) is 11.3 Å². The highest BCUT2D eigenvalue weighted by Crippen LogP contribution is 2.51. The smallest absolute Gasteiger partial charge is 0.337 e. The van der Waals surface area contributed by atoms with Gasteiger partial charge in [0, 0.05) is 16.2 Å². The molecule has 0 bridgehead atoms. The molecule has 0 atom stereocenters. The molecule has 0 aliphatic heterocycles. The quantitative estimate of drug-likeness (QED) is 0.843. The highest BCUT2D eigenvalue weighted by atomic mass is 32.2. The molecule has 1 saturated carbocycles. The summed E-state index contributed by atoms with van der Waals surface area (Å²) in [5, 5.41) is 11.9. The van der Waals surface area contributed by atoms with Crippen molar-refractivity contribution in [1.82, 2.24) is 10.3 Å². The molecule has 1 fully saturated rings. The summed E-state index contributed by atoms with van der Waals surface area (Å²) in [6, 6.07) is 13.0. The summed E-state index contributed by atoms with van der Waals surface area (Å²) in [5.41, 5.74) is 0.706. The summed E-state index contributed by atoms with van der Waals surface area (Å²) in [6.45, 7) is 2.17. The molecule has 1 aromatic carbocycles. The van der Waals surface area contributed by atoms with E-state index in [2.05, 4.69) is 22.4 Å². The van der Waals surface area contributed by atoms with E-state index in [-0.39, 0.29) is 21.9 Å². The largest absolute Gasteiger partial charge is 0.478 e. The van der Waals surface area contributed by atoms with Crippen molar-refractivity contribution < 1.29 is 14.7 Å². The number of nitrogens with one attached hydrogen (secondary N) is 1. The third kappa shape index (κ3) is 3.76. The number of carboxylic acid groups (broad SMARTS) is 1. The number of carbonyl (C=O) groups is 2. The lowest BCUT2D eigenvalue weighted by Gasteiger charge is -2.15. The number of aromatic nitrogens is 1. The van der Waals surface area contributed by atoms with Crippen LogP contribution >= 0.6 is 11.8 Å². The molecule has 5 nitrogen and oxygen atoms in total. The molecule has 24 heavy (non-hydrogen) atoms. The average Bonchev–Trinajstić information content (AvgIpc) is 3.33. The van der Waals surface area contributed by atoms with Gasteiger partial charge in [0.25, 0.3) is 5.91 Å². The third-order valence-electron chi connectivity index (χ3n) is 4.01. The predicted molar refractivity (Wildman–Crippen MR) is 92.5 cm³/mol. The summed E-state index contributed by atoms with van der Waals surface area (Å²) in [5.74, 6) is -1.31. The number of hydrogen-bond donors (Lipinski definition) is 2. The maximum Gasteiger partial charge on any atom is 0.337 e. The van der Waals surface area contributed by atoms with Crippen LogP contribution in [-0.4, -0.2) is 33.3 Å². The molecule has 2 aromatic rings. The number of rotatable bonds is 6. The van der Waals surface area contributed by atoms with Crippen molar-refractivity contribution >= 4 is 23.6 Å². The van der Waals surface area contributed by atoms with Gasteiger partial charge >= 0.3 is 5.97 Å². The number of carbonyl (C=O) groups excluding carboxylic acids is 1. The van der Waals surface area contributed by atoms with Crippen molar-refractivity contribution in [2.24, 2.45) is 0 Å². The highest BCUT2D eigenvalue weighted by molar-refractivity contribution is 8.01. The second kappa shape index (κ2) is 6.65. The van der Waals surface area contributed by atoms with Gasteiger partial charge in [-0.15, -0.1) is 11.8 Å². The fourth-order valence-electron chi connectivity index (χ4n) is 2.44. The first-order valence-corrected chi connectivity index (χ1v) is 8.54. The molecule has 0 radical (unpaired) electrons. The van der Waals surface area contributed by atoms with Crippen molar-refractivity contribution in [3.05, 3.63) is 59.4 Å². The molecule has 1 amide bonds. The van der Waals surface area contributed by atoms with Crippen LogP contribution in [0.25, 0.3) is 0 Å². The van der Waals surface area contributed by atoms with Crippen LogP contribution < -0.4 is 5.32 Å². The van der Waals surface area contributed by atoms with Crippen LogP contribution in [-0.2, 0) is 0 Å². The van der Waals surface area contributed by atoms with Gasteiger partial charge in [0.15, 0.2) is 0 Å². The van der Waals surface area contributed by atoms with Gasteiger partial charge in [-0.05, 0) is 44.0 Å². The molecule has 3 rings (SSSR count). The average molecular weight is 342 g/mol. The lowest BCUT2D eigenvalue weighted by molar-refractivity contribution is 0.0694. The minimum atomic E-state index is -1.04. The molecule has 1 heterocycles. The summed E-state index contributed by atoms with van der Waals surface area (Å²) in [4.78, 5) is 28.6. The van der Waals surface area contributed by atoms with Crippen LogP contribution in [0.15, 0.2) is 47.4 Å². The Balaban J connectivity index is 1.61. The minimum Gasteiger partial charge on any atom is -0.478 e. The number of aryl methyl sites for hydroxylation is 1. The molecule has 0 unspecified atom stereocenters. The molecule has 1 aliphatic carbocycles. The Kier molecular flexibility index (Phi) is 4.57. The first kappa shape index (κ1) is 16.5. The molecular formula is C18H18N2O3S. The first-order chi connectivity index (χ1) is 11.5. The zero-order valence-electron chi connectivity index (χ0n) is 13.3. The van der Waals surface area contributed by atoms with Crippen LogP contribution in [0.4, 0.5) is 0 Å².